The zero-order valence-electron chi connectivity index (χ0n) is 20.2. The van der Waals surface area contributed by atoms with E-state index in [0.717, 1.165) is 22.5 Å². The van der Waals surface area contributed by atoms with Crippen LogP contribution < -0.4 is 5.32 Å². The molecule has 36 heavy (non-hydrogen) atoms. The van der Waals surface area contributed by atoms with Gasteiger partial charge in [0.2, 0.25) is 5.91 Å². The van der Waals surface area contributed by atoms with Crippen LogP contribution >= 0.6 is 23.2 Å². The third-order valence-electron chi connectivity index (χ3n) is 5.68. The van der Waals surface area contributed by atoms with Crippen molar-refractivity contribution < 1.29 is 9.59 Å². The van der Waals surface area contributed by atoms with Crippen LogP contribution in [0.5, 0.6) is 0 Å². The molecule has 8 heteroatoms. The van der Waals surface area contributed by atoms with E-state index in [1.54, 1.807) is 16.8 Å². The lowest BCUT2D eigenvalue weighted by Crippen LogP contribution is -2.42. The molecule has 0 bridgehead atoms. The quantitative estimate of drug-likeness (QED) is 0.296. The second-order valence-electron chi connectivity index (χ2n) is 8.73. The lowest BCUT2D eigenvalue weighted by atomic mass is 10.1. The van der Waals surface area contributed by atoms with Gasteiger partial charge in [0.1, 0.15) is 12.4 Å². The zero-order chi connectivity index (χ0) is 25.8. The van der Waals surface area contributed by atoms with Gasteiger partial charge in [0, 0.05) is 22.7 Å². The Kier molecular flexibility index (Phi) is 7.77. The van der Waals surface area contributed by atoms with E-state index in [1.807, 2.05) is 81.4 Å². The number of aromatic nitrogens is 2. The minimum Gasteiger partial charge on any atom is -0.327 e. The molecule has 1 N–H and O–H groups in total. The average molecular weight is 521 g/mol. The maximum atomic E-state index is 13.2. The number of benzene rings is 3. The summed E-state index contributed by atoms with van der Waals surface area (Å²) in [6.07, 6.45) is 0. The minimum absolute atomic E-state index is 0.158. The molecule has 184 valence electrons. The van der Waals surface area contributed by atoms with Gasteiger partial charge >= 0.3 is 0 Å². The highest BCUT2D eigenvalue weighted by Gasteiger charge is 2.24. The lowest BCUT2D eigenvalue weighted by molar-refractivity contribution is -0.117. The molecular weight excluding hydrogens is 495 g/mol. The fourth-order valence-electron chi connectivity index (χ4n) is 3.75. The predicted octanol–water partition coefficient (Wildman–Crippen LogP) is 6.64. The molecule has 0 fully saturated rings. The fraction of sp³-hybridized carbons (Fsp3) is 0.179. The smallest absolute Gasteiger partial charge is 0.256 e. The van der Waals surface area contributed by atoms with Gasteiger partial charge in [-0.25, -0.2) is 4.68 Å². The van der Waals surface area contributed by atoms with Gasteiger partial charge in [0.15, 0.2) is 0 Å². The SMILES string of the molecule is Cc1ccc(-n2nc(-c3ccccc3)cc2NC(=O)CN(C(=O)c2ccc(Cl)cc2Cl)C(C)C)cc1. The van der Waals surface area contributed by atoms with Crippen LogP contribution in [-0.2, 0) is 4.79 Å². The minimum atomic E-state index is -0.352. The van der Waals surface area contributed by atoms with Gasteiger partial charge in [-0.1, -0.05) is 71.2 Å². The summed E-state index contributed by atoms with van der Waals surface area (Å²) >= 11 is 12.2. The number of hydrogen-bond acceptors (Lipinski definition) is 3. The van der Waals surface area contributed by atoms with Gasteiger partial charge in [-0.15, -0.1) is 0 Å². The van der Waals surface area contributed by atoms with Crippen molar-refractivity contribution in [3.05, 3.63) is 100 Å². The van der Waals surface area contributed by atoms with Crippen LogP contribution in [0.1, 0.15) is 29.8 Å². The molecule has 0 spiro atoms. The van der Waals surface area contributed by atoms with Crippen LogP contribution in [0.3, 0.4) is 0 Å². The molecule has 0 aliphatic heterocycles. The molecule has 4 aromatic rings. The van der Waals surface area contributed by atoms with E-state index in [2.05, 4.69) is 5.32 Å². The largest absolute Gasteiger partial charge is 0.327 e. The number of rotatable bonds is 7. The number of amides is 2. The van der Waals surface area contributed by atoms with Crippen molar-refractivity contribution in [2.75, 3.05) is 11.9 Å². The lowest BCUT2D eigenvalue weighted by Gasteiger charge is -2.26. The van der Waals surface area contributed by atoms with Crippen LogP contribution in [0.2, 0.25) is 10.0 Å². The van der Waals surface area contributed by atoms with E-state index in [1.165, 1.54) is 11.0 Å². The standard InChI is InChI=1S/C28H26Cl2N4O2/c1-18(2)33(28(36)23-14-11-21(29)15-24(23)30)17-27(35)31-26-16-25(20-7-5-4-6-8-20)32-34(26)22-12-9-19(3)10-13-22/h4-16,18H,17H2,1-3H3,(H,31,35). The summed E-state index contributed by atoms with van der Waals surface area (Å²) in [7, 11) is 0. The van der Waals surface area contributed by atoms with E-state index in [4.69, 9.17) is 28.3 Å². The zero-order valence-corrected chi connectivity index (χ0v) is 21.7. The second kappa shape index (κ2) is 11.0. The van der Waals surface area contributed by atoms with E-state index in [9.17, 15) is 9.59 Å². The molecule has 0 saturated carbocycles. The molecule has 2 amide bonds. The van der Waals surface area contributed by atoms with E-state index in [-0.39, 0.29) is 29.4 Å². The van der Waals surface area contributed by atoms with Crippen molar-refractivity contribution in [1.29, 1.82) is 0 Å². The molecule has 3 aromatic carbocycles. The first-order valence-corrected chi connectivity index (χ1v) is 12.3. The number of aryl methyl sites for hydroxylation is 1. The number of nitrogens with zero attached hydrogens (tertiary/aromatic N) is 3. The number of carbonyl (C=O) groups is 2. The van der Waals surface area contributed by atoms with E-state index < -0.39 is 0 Å². The monoisotopic (exact) mass is 520 g/mol. The van der Waals surface area contributed by atoms with Crippen LogP contribution in [0.25, 0.3) is 16.9 Å². The molecule has 1 aromatic heterocycles. The average Bonchev–Trinajstić information content (AvgIpc) is 3.26. The Labute approximate surface area is 220 Å². The topological polar surface area (TPSA) is 67.2 Å². The van der Waals surface area contributed by atoms with Crippen molar-refractivity contribution in [2.45, 2.75) is 26.8 Å². The van der Waals surface area contributed by atoms with Crippen molar-refractivity contribution in [3.8, 4) is 16.9 Å². The number of anilines is 1. The van der Waals surface area contributed by atoms with Gasteiger partial charge in [0.25, 0.3) is 5.91 Å². The van der Waals surface area contributed by atoms with Gasteiger partial charge in [-0.3, -0.25) is 9.59 Å². The molecule has 0 radical (unpaired) electrons. The number of halogens is 2. The molecule has 0 unspecified atom stereocenters. The highest BCUT2D eigenvalue weighted by atomic mass is 35.5. The van der Waals surface area contributed by atoms with Crippen molar-refractivity contribution in [1.82, 2.24) is 14.7 Å². The molecule has 1 heterocycles. The van der Waals surface area contributed by atoms with E-state index in [0.29, 0.717) is 16.4 Å². The third kappa shape index (κ3) is 5.78. The summed E-state index contributed by atoms with van der Waals surface area (Å²) in [4.78, 5) is 27.9. The maximum Gasteiger partial charge on any atom is 0.256 e. The maximum absolute atomic E-state index is 13.2. The van der Waals surface area contributed by atoms with Crippen molar-refractivity contribution >= 4 is 40.8 Å². The Bertz CT molecular complexity index is 1380. The van der Waals surface area contributed by atoms with Crippen molar-refractivity contribution in [3.63, 3.8) is 0 Å². The molecule has 0 saturated heterocycles. The Hall–Kier alpha value is -3.61. The molecular formula is C28H26Cl2N4O2. The summed E-state index contributed by atoms with van der Waals surface area (Å²) in [5.41, 5.74) is 3.86. The Morgan fingerprint density at radius 2 is 1.67 bits per heavy atom. The molecule has 0 atom stereocenters. The van der Waals surface area contributed by atoms with Gasteiger partial charge in [-0.05, 0) is 51.1 Å². The molecule has 4 rings (SSSR count). The predicted molar refractivity (Wildman–Crippen MR) is 145 cm³/mol. The molecule has 6 nitrogen and oxygen atoms in total. The first kappa shape index (κ1) is 25.5. The number of hydrogen-bond donors (Lipinski definition) is 1. The van der Waals surface area contributed by atoms with Gasteiger partial charge in [-0.2, -0.15) is 5.10 Å². The highest BCUT2D eigenvalue weighted by molar-refractivity contribution is 6.36. The molecule has 0 aliphatic rings. The summed E-state index contributed by atoms with van der Waals surface area (Å²) in [6.45, 7) is 5.54. The highest BCUT2D eigenvalue weighted by Crippen LogP contribution is 2.26. The first-order chi connectivity index (χ1) is 17.2. The van der Waals surface area contributed by atoms with Gasteiger partial charge in [0.05, 0.1) is 22.0 Å². The van der Waals surface area contributed by atoms with E-state index >= 15 is 0 Å². The van der Waals surface area contributed by atoms with Crippen molar-refractivity contribution in [2.24, 2.45) is 0 Å². The van der Waals surface area contributed by atoms with Gasteiger partial charge < -0.3 is 10.2 Å². The summed E-state index contributed by atoms with van der Waals surface area (Å²) in [5.74, 6) is -0.197. The normalized spacial score (nSPS) is 10.9. The Balaban J connectivity index is 1.62. The molecule has 0 aliphatic carbocycles. The number of carbonyl (C=O) groups excluding carboxylic acids is 2. The van der Waals surface area contributed by atoms with Crippen LogP contribution in [-0.4, -0.2) is 39.1 Å². The summed E-state index contributed by atoms with van der Waals surface area (Å²) in [6, 6.07) is 23.9. The second-order valence-corrected chi connectivity index (χ2v) is 9.57. The summed E-state index contributed by atoms with van der Waals surface area (Å²) in [5, 5.41) is 8.36. The summed E-state index contributed by atoms with van der Waals surface area (Å²) < 4.78 is 1.69. The Morgan fingerprint density at radius 1 is 0.972 bits per heavy atom. The fourth-order valence-corrected chi connectivity index (χ4v) is 4.24. The third-order valence-corrected chi connectivity index (χ3v) is 6.23. The number of nitrogens with one attached hydrogen (secondary N) is 1. The Morgan fingerprint density at radius 3 is 2.31 bits per heavy atom. The first-order valence-electron chi connectivity index (χ1n) is 11.5. The van der Waals surface area contributed by atoms with Crippen LogP contribution in [0, 0.1) is 6.92 Å². The van der Waals surface area contributed by atoms with Crippen LogP contribution in [0.15, 0.2) is 78.9 Å². The van der Waals surface area contributed by atoms with Crippen LogP contribution in [0.4, 0.5) is 5.82 Å².